The number of methoxy groups -OCH3 is 1. The molecule has 8 nitrogen and oxygen atoms in total. The minimum absolute atomic E-state index is 0.0720. The monoisotopic (exact) mass is 414 g/mol. The molecule has 2 N–H and O–H groups in total. The van der Waals surface area contributed by atoms with Gasteiger partial charge < -0.3 is 24.8 Å². The molecule has 8 heteroatoms. The molecule has 2 amide bonds. The second-order valence-electron chi connectivity index (χ2n) is 6.38. The SMILES string of the molecule is CCNC(=O)COc1ccc(CNC(=O)COc2cccc(C(C)=O)c2)cc1OC. The van der Waals surface area contributed by atoms with Crippen LogP contribution in [0.1, 0.15) is 29.8 Å². The number of hydrogen-bond donors (Lipinski definition) is 2. The Morgan fingerprint density at radius 3 is 2.33 bits per heavy atom. The van der Waals surface area contributed by atoms with Crippen molar-refractivity contribution >= 4 is 17.6 Å². The third-order valence-electron chi connectivity index (χ3n) is 4.06. The van der Waals surface area contributed by atoms with E-state index in [2.05, 4.69) is 10.6 Å². The highest BCUT2D eigenvalue weighted by atomic mass is 16.5. The zero-order chi connectivity index (χ0) is 21.9. The van der Waals surface area contributed by atoms with Gasteiger partial charge in [-0.3, -0.25) is 14.4 Å². The summed E-state index contributed by atoms with van der Waals surface area (Å²) in [7, 11) is 1.50. The smallest absolute Gasteiger partial charge is 0.258 e. The molecule has 2 aromatic carbocycles. The number of amides is 2. The first-order chi connectivity index (χ1) is 14.4. The average Bonchev–Trinajstić information content (AvgIpc) is 2.75. The van der Waals surface area contributed by atoms with Crippen molar-refractivity contribution in [1.29, 1.82) is 0 Å². The molecule has 0 spiro atoms. The van der Waals surface area contributed by atoms with Gasteiger partial charge in [-0.25, -0.2) is 0 Å². The van der Waals surface area contributed by atoms with E-state index in [-0.39, 0.29) is 37.4 Å². The number of carbonyl (C=O) groups excluding carboxylic acids is 3. The lowest BCUT2D eigenvalue weighted by Gasteiger charge is -2.13. The van der Waals surface area contributed by atoms with Crippen molar-refractivity contribution in [2.75, 3.05) is 26.9 Å². The van der Waals surface area contributed by atoms with Gasteiger partial charge in [0.25, 0.3) is 11.8 Å². The number of hydrogen-bond acceptors (Lipinski definition) is 6. The number of likely N-dealkylation sites (N-methyl/N-ethyl adjacent to an activating group) is 1. The second kappa shape index (κ2) is 11.5. The van der Waals surface area contributed by atoms with Gasteiger partial charge in [-0.2, -0.15) is 0 Å². The van der Waals surface area contributed by atoms with Gasteiger partial charge in [-0.1, -0.05) is 18.2 Å². The first-order valence-electron chi connectivity index (χ1n) is 9.49. The standard InChI is InChI=1S/C22H26N2O6/c1-4-23-21(26)14-30-19-9-8-16(10-20(19)28-3)12-24-22(27)13-29-18-7-5-6-17(11-18)15(2)25/h5-11H,4,12-14H2,1-3H3,(H,23,26)(H,24,27). The fourth-order valence-electron chi connectivity index (χ4n) is 2.54. The van der Waals surface area contributed by atoms with Crippen molar-refractivity contribution in [2.45, 2.75) is 20.4 Å². The molecule has 0 aliphatic rings. The number of benzene rings is 2. The third kappa shape index (κ3) is 7.12. The molecular formula is C22H26N2O6. The molecule has 2 aromatic rings. The summed E-state index contributed by atoms with van der Waals surface area (Å²) in [5.41, 5.74) is 1.32. The molecule has 0 heterocycles. The average molecular weight is 414 g/mol. The molecule has 0 aromatic heterocycles. The predicted molar refractivity (Wildman–Crippen MR) is 111 cm³/mol. The van der Waals surface area contributed by atoms with Crippen LogP contribution in [0.2, 0.25) is 0 Å². The first kappa shape index (κ1) is 22.7. The second-order valence-corrected chi connectivity index (χ2v) is 6.38. The molecule has 0 fully saturated rings. The van der Waals surface area contributed by atoms with Crippen molar-refractivity contribution in [3.05, 3.63) is 53.6 Å². The van der Waals surface area contributed by atoms with Gasteiger partial charge in [0.1, 0.15) is 5.75 Å². The normalized spacial score (nSPS) is 10.1. The Hall–Kier alpha value is -3.55. The first-order valence-corrected chi connectivity index (χ1v) is 9.49. The van der Waals surface area contributed by atoms with Crippen LogP contribution in [0.25, 0.3) is 0 Å². The van der Waals surface area contributed by atoms with Crippen LogP contribution in [0.5, 0.6) is 17.2 Å². The Morgan fingerprint density at radius 2 is 1.63 bits per heavy atom. The van der Waals surface area contributed by atoms with Crippen molar-refractivity contribution in [2.24, 2.45) is 0 Å². The maximum Gasteiger partial charge on any atom is 0.258 e. The number of ketones is 1. The van der Waals surface area contributed by atoms with Gasteiger partial charge >= 0.3 is 0 Å². The van der Waals surface area contributed by atoms with Gasteiger partial charge in [0.15, 0.2) is 30.5 Å². The fourth-order valence-corrected chi connectivity index (χ4v) is 2.54. The summed E-state index contributed by atoms with van der Waals surface area (Å²) >= 11 is 0. The highest BCUT2D eigenvalue weighted by Gasteiger charge is 2.10. The molecule has 0 bridgehead atoms. The number of carbonyl (C=O) groups is 3. The van der Waals surface area contributed by atoms with Gasteiger partial charge in [-0.05, 0) is 43.7 Å². The molecule has 0 aliphatic heterocycles. The lowest BCUT2D eigenvalue weighted by molar-refractivity contribution is -0.123. The molecular weight excluding hydrogens is 388 g/mol. The van der Waals surface area contributed by atoms with Crippen LogP contribution in [0.4, 0.5) is 0 Å². The van der Waals surface area contributed by atoms with E-state index in [1.165, 1.54) is 14.0 Å². The molecule has 0 saturated heterocycles. The molecule has 2 rings (SSSR count). The lowest BCUT2D eigenvalue weighted by atomic mass is 10.1. The number of Topliss-reactive ketones (excluding diaryl/α,β-unsaturated/α-hetero) is 1. The number of ether oxygens (including phenoxy) is 3. The molecule has 160 valence electrons. The quantitative estimate of drug-likeness (QED) is 0.546. The third-order valence-corrected chi connectivity index (χ3v) is 4.06. The summed E-state index contributed by atoms with van der Waals surface area (Å²) in [6.45, 7) is 3.81. The predicted octanol–water partition coefficient (Wildman–Crippen LogP) is 2.11. The topological polar surface area (TPSA) is 103 Å². The van der Waals surface area contributed by atoms with E-state index in [1.807, 2.05) is 6.92 Å². The van der Waals surface area contributed by atoms with E-state index in [0.29, 0.717) is 29.4 Å². The maximum absolute atomic E-state index is 12.1. The minimum Gasteiger partial charge on any atom is -0.493 e. The van der Waals surface area contributed by atoms with Crippen LogP contribution in [0.3, 0.4) is 0 Å². The molecule has 0 radical (unpaired) electrons. The maximum atomic E-state index is 12.1. The zero-order valence-electron chi connectivity index (χ0n) is 17.3. The van der Waals surface area contributed by atoms with Crippen LogP contribution in [0.15, 0.2) is 42.5 Å². The lowest BCUT2D eigenvalue weighted by Crippen LogP contribution is -2.28. The Kier molecular flexibility index (Phi) is 8.68. The Bertz CT molecular complexity index is 897. The van der Waals surface area contributed by atoms with E-state index in [4.69, 9.17) is 14.2 Å². The molecule has 30 heavy (non-hydrogen) atoms. The summed E-state index contributed by atoms with van der Waals surface area (Å²) in [6, 6.07) is 11.9. The summed E-state index contributed by atoms with van der Waals surface area (Å²) in [5, 5.41) is 5.40. The van der Waals surface area contributed by atoms with Gasteiger partial charge in [0.05, 0.1) is 7.11 Å². The van der Waals surface area contributed by atoms with Crippen LogP contribution < -0.4 is 24.8 Å². The van der Waals surface area contributed by atoms with Crippen LogP contribution in [0, 0.1) is 0 Å². The molecule has 0 saturated carbocycles. The van der Waals surface area contributed by atoms with Gasteiger partial charge in [0, 0.05) is 18.7 Å². The highest BCUT2D eigenvalue weighted by Crippen LogP contribution is 2.28. The fraction of sp³-hybridized carbons (Fsp3) is 0.318. The summed E-state index contributed by atoms with van der Waals surface area (Å²) in [4.78, 5) is 35.0. The summed E-state index contributed by atoms with van der Waals surface area (Å²) < 4.78 is 16.2. The van der Waals surface area contributed by atoms with Crippen molar-refractivity contribution in [1.82, 2.24) is 10.6 Å². The molecule has 0 aliphatic carbocycles. The largest absolute Gasteiger partial charge is 0.493 e. The van der Waals surface area contributed by atoms with Crippen LogP contribution in [-0.2, 0) is 16.1 Å². The van der Waals surface area contributed by atoms with Gasteiger partial charge in [0.2, 0.25) is 0 Å². The Labute approximate surface area is 175 Å². The number of rotatable bonds is 11. The van der Waals surface area contributed by atoms with Crippen LogP contribution >= 0.6 is 0 Å². The summed E-state index contributed by atoms with van der Waals surface area (Å²) in [5.74, 6) is 0.754. The summed E-state index contributed by atoms with van der Waals surface area (Å²) in [6.07, 6.45) is 0. The van der Waals surface area contributed by atoms with Crippen molar-refractivity contribution in [3.8, 4) is 17.2 Å². The van der Waals surface area contributed by atoms with Crippen LogP contribution in [-0.4, -0.2) is 44.5 Å². The van der Waals surface area contributed by atoms with Crippen molar-refractivity contribution < 1.29 is 28.6 Å². The van der Waals surface area contributed by atoms with E-state index < -0.39 is 0 Å². The van der Waals surface area contributed by atoms with E-state index >= 15 is 0 Å². The van der Waals surface area contributed by atoms with E-state index in [1.54, 1.807) is 42.5 Å². The number of nitrogens with one attached hydrogen (secondary N) is 2. The highest BCUT2D eigenvalue weighted by molar-refractivity contribution is 5.94. The van der Waals surface area contributed by atoms with Gasteiger partial charge in [-0.15, -0.1) is 0 Å². The van der Waals surface area contributed by atoms with Crippen molar-refractivity contribution in [3.63, 3.8) is 0 Å². The Morgan fingerprint density at radius 1 is 0.900 bits per heavy atom. The zero-order valence-corrected chi connectivity index (χ0v) is 17.3. The molecule has 0 atom stereocenters. The van der Waals surface area contributed by atoms with E-state index in [0.717, 1.165) is 5.56 Å². The molecule has 0 unspecified atom stereocenters. The Balaban J connectivity index is 1.86. The minimum atomic E-state index is -0.307. The van der Waals surface area contributed by atoms with E-state index in [9.17, 15) is 14.4 Å².